The molecule has 0 fully saturated rings. The third-order valence-corrected chi connectivity index (χ3v) is 5.52. The molecule has 0 unspecified atom stereocenters. The monoisotopic (exact) mass is 394 g/mol. The van der Waals surface area contributed by atoms with Crippen molar-refractivity contribution in [3.8, 4) is 0 Å². The molecule has 0 spiro atoms. The van der Waals surface area contributed by atoms with E-state index in [1.165, 1.54) is 24.3 Å². The van der Waals surface area contributed by atoms with Crippen molar-refractivity contribution in [2.24, 2.45) is 5.14 Å². The van der Waals surface area contributed by atoms with E-state index in [2.05, 4.69) is 4.72 Å². The Balaban J connectivity index is 2.17. The molecule has 0 aliphatic carbocycles. The zero-order valence-corrected chi connectivity index (χ0v) is 14.1. The van der Waals surface area contributed by atoms with Crippen LogP contribution in [0.1, 0.15) is 11.1 Å². The van der Waals surface area contributed by atoms with Gasteiger partial charge in [0.25, 0.3) is 0 Å². The predicted octanol–water partition coefficient (Wildman–Crippen LogP) is 1.83. The van der Waals surface area contributed by atoms with Crippen LogP contribution in [-0.2, 0) is 32.8 Å². The van der Waals surface area contributed by atoms with Crippen LogP contribution in [-0.4, -0.2) is 16.8 Å². The number of halogens is 3. The van der Waals surface area contributed by atoms with E-state index >= 15 is 0 Å². The van der Waals surface area contributed by atoms with Crippen molar-refractivity contribution in [2.45, 2.75) is 22.5 Å². The Morgan fingerprint density at radius 3 is 2.04 bits per heavy atom. The summed E-state index contributed by atoms with van der Waals surface area (Å²) in [6, 6.07) is 8.42. The van der Waals surface area contributed by atoms with Gasteiger partial charge in [-0.1, -0.05) is 18.2 Å². The average molecular weight is 394 g/mol. The van der Waals surface area contributed by atoms with Gasteiger partial charge < -0.3 is 0 Å². The topological polar surface area (TPSA) is 106 Å². The van der Waals surface area contributed by atoms with E-state index in [0.717, 1.165) is 18.2 Å². The summed E-state index contributed by atoms with van der Waals surface area (Å²) in [5, 5.41) is 4.94. The number of nitrogens with two attached hydrogens (primary N) is 1. The Morgan fingerprint density at radius 2 is 1.52 bits per heavy atom. The molecule has 2 aromatic carbocycles. The number of hydrogen-bond donors (Lipinski definition) is 2. The van der Waals surface area contributed by atoms with Crippen LogP contribution in [0, 0.1) is 0 Å². The van der Waals surface area contributed by atoms with Crippen molar-refractivity contribution < 1.29 is 30.0 Å². The van der Waals surface area contributed by atoms with Crippen molar-refractivity contribution in [2.75, 3.05) is 0 Å². The highest BCUT2D eigenvalue weighted by Gasteiger charge is 2.31. The lowest BCUT2D eigenvalue weighted by atomic mass is 10.2. The SMILES string of the molecule is NS(=O)(=O)c1ccc(CNS(=O)(=O)c2cccc(C(F)(F)F)c2)cc1. The highest BCUT2D eigenvalue weighted by Crippen LogP contribution is 2.30. The Morgan fingerprint density at radius 1 is 0.920 bits per heavy atom. The van der Waals surface area contributed by atoms with E-state index in [-0.39, 0.29) is 11.4 Å². The van der Waals surface area contributed by atoms with Gasteiger partial charge in [-0.25, -0.2) is 26.7 Å². The molecule has 136 valence electrons. The quantitative estimate of drug-likeness (QED) is 0.807. The van der Waals surface area contributed by atoms with E-state index in [0.29, 0.717) is 11.6 Å². The minimum atomic E-state index is -4.66. The summed E-state index contributed by atoms with van der Waals surface area (Å²) in [6.07, 6.45) is -4.66. The third kappa shape index (κ3) is 5.01. The molecule has 0 heterocycles. The van der Waals surface area contributed by atoms with Gasteiger partial charge in [0.2, 0.25) is 20.0 Å². The van der Waals surface area contributed by atoms with Crippen LogP contribution >= 0.6 is 0 Å². The van der Waals surface area contributed by atoms with Crippen molar-refractivity contribution in [1.29, 1.82) is 0 Å². The molecule has 0 aliphatic rings. The molecule has 0 aliphatic heterocycles. The van der Waals surface area contributed by atoms with Gasteiger partial charge in [-0.05, 0) is 35.9 Å². The first kappa shape index (κ1) is 19.4. The molecule has 0 saturated heterocycles. The Bertz CT molecular complexity index is 970. The first-order chi connectivity index (χ1) is 11.4. The van der Waals surface area contributed by atoms with Gasteiger partial charge in [-0.15, -0.1) is 0 Å². The van der Waals surface area contributed by atoms with Crippen LogP contribution in [0.15, 0.2) is 58.3 Å². The maximum Gasteiger partial charge on any atom is 0.416 e. The lowest BCUT2D eigenvalue weighted by Gasteiger charge is -2.10. The van der Waals surface area contributed by atoms with Gasteiger partial charge in [-0.3, -0.25) is 0 Å². The van der Waals surface area contributed by atoms with Crippen LogP contribution in [0.2, 0.25) is 0 Å². The van der Waals surface area contributed by atoms with Gasteiger partial charge in [0.1, 0.15) is 0 Å². The van der Waals surface area contributed by atoms with E-state index in [1.807, 2.05) is 0 Å². The van der Waals surface area contributed by atoms with Crippen LogP contribution in [0.4, 0.5) is 13.2 Å². The van der Waals surface area contributed by atoms with E-state index in [4.69, 9.17) is 5.14 Å². The molecule has 0 radical (unpaired) electrons. The third-order valence-electron chi connectivity index (χ3n) is 3.19. The number of sulfonamides is 2. The summed E-state index contributed by atoms with van der Waals surface area (Å²) in [5.74, 6) is 0. The highest BCUT2D eigenvalue weighted by molar-refractivity contribution is 7.89. The minimum Gasteiger partial charge on any atom is -0.225 e. The summed E-state index contributed by atoms with van der Waals surface area (Å²) >= 11 is 0. The predicted molar refractivity (Wildman–Crippen MR) is 83.3 cm³/mol. The van der Waals surface area contributed by atoms with E-state index in [1.54, 1.807) is 0 Å². The second-order valence-electron chi connectivity index (χ2n) is 5.04. The second-order valence-corrected chi connectivity index (χ2v) is 8.37. The van der Waals surface area contributed by atoms with Crippen molar-refractivity contribution in [1.82, 2.24) is 4.72 Å². The molecular weight excluding hydrogens is 381 g/mol. The molecular formula is C14H13F3N2O4S2. The number of benzene rings is 2. The van der Waals surface area contributed by atoms with Gasteiger partial charge in [0.05, 0.1) is 15.4 Å². The van der Waals surface area contributed by atoms with Gasteiger partial charge in [0, 0.05) is 6.54 Å². The first-order valence-corrected chi connectivity index (χ1v) is 9.71. The summed E-state index contributed by atoms with van der Waals surface area (Å²) in [7, 11) is -8.04. The first-order valence-electron chi connectivity index (χ1n) is 6.68. The summed E-state index contributed by atoms with van der Waals surface area (Å²) in [4.78, 5) is -0.666. The summed E-state index contributed by atoms with van der Waals surface area (Å²) in [5.41, 5.74) is -0.671. The number of hydrogen-bond acceptors (Lipinski definition) is 4. The lowest BCUT2D eigenvalue weighted by Crippen LogP contribution is -2.23. The minimum absolute atomic E-state index is 0.142. The largest absolute Gasteiger partial charge is 0.416 e. The highest BCUT2D eigenvalue weighted by atomic mass is 32.2. The Hall–Kier alpha value is -1.95. The molecule has 6 nitrogen and oxygen atoms in total. The lowest BCUT2D eigenvalue weighted by molar-refractivity contribution is -0.137. The molecule has 25 heavy (non-hydrogen) atoms. The summed E-state index contributed by atoms with van der Waals surface area (Å²) < 4.78 is 86.7. The van der Waals surface area contributed by atoms with Gasteiger partial charge in [-0.2, -0.15) is 13.2 Å². The van der Waals surface area contributed by atoms with Gasteiger partial charge in [0.15, 0.2) is 0 Å². The van der Waals surface area contributed by atoms with Crippen LogP contribution in [0.5, 0.6) is 0 Å². The molecule has 11 heteroatoms. The fourth-order valence-electron chi connectivity index (χ4n) is 1.90. The van der Waals surface area contributed by atoms with E-state index in [9.17, 15) is 30.0 Å². The molecule has 2 rings (SSSR count). The fourth-order valence-corrected chi connectivity index (χ4v) is 3.48. The molecule has 0 bridgehead atoms. The Kier molecular flexibility index (Phi) is 5.23. The van der Waals surface area contributed by atoms with Crippen LogP contribution in [0.25, 0.3) is 0 Å². The van der Waals surface area contributed by atoms with Crippen molar-refractivity contribution >= 4 is 20.0 Å². The molecule has 0 amide bonds. The smallest absolute Gasteiger partial charge is 0.225 e. The molecule has 0 atom stereocenters. The van der Waals surface area contributed by atoms with Gasteiger partial charge >= 0.3 is 6.18 Å². The number of nitrogens with one attached hydrogen (secondary N) is 1. The Labute approximate surface area is 142 Å². The molecule has 3 N–H and O–H groups in total. The van der Waals surface area contributed by atoms with Crippen molar-refractivity contribution in [3.05, 3.63) is 59.7 Å². The summed E-state index contributed by atoms with van der Waals surface area (Å²) in [6.45, 7) is -0.233. The van der Waals surface area contributed by atoms with E-state index < -0.39 is 36.7 Å². The maximum atomic E-state index is 12.7. The molecule has 2 aromatic rings. The number of alkyl halides is 3. The molecule has 0 saturated carbocycles. The zero-order valence-electron chi connectivity index (χ0n) is 12.5. The average Bonchev–Trinajstić information content (AvgIpc) is 2.52. The maximum absolute atomic E-state index is 12.7. The second kappa shape index (κ2) is 6.75. The number of primary sulfonamides is 1. The van der Waals surface area contributed by atoms with Crippen molar-refractivity contribution in [3.63, 3.8) is 0 Å². The number of rotatable bonds is 5. The standard InChI is InChI=1S/C14H13F3N2O4S2/c15-14(16,17)11-2-1-3-13(8-11)25(22,23)19-9-10-4-6-12(7-5-10)24(18,20)21/h1-8,19H,9H2,(H2,18,20,21). The fraction of sp³-hybridized carbons (Fsp3) is 0.143. The molecule has 0 aromatic heterocycles. The van der Waals surface area contributed by atoms with Crippen LogP contribution in [0.3, 0.4) is 0 Å². The zero-order chi connectivity index (χ0) is 18.9. The normalized spacial score (nSPS) is 13.0. The van der Waals surface area contributed by atoms with Crippen LogP contribution < -0.4 is 9.86 Å².